The van der Waals surface area contributed by atoms with Gasteiger partial charge in [0.25, 0.3) is 6.43 Å². The van der Waals surface area contributed by atoms with E-state index in [9.17, 15) is 8.78 Å². The highest BCUT2D eigenvalue weighted by Crippen LogP contribution is 2.34. The standard InChI is InChI=1S/C26H32F2N6S.CH4/c1-19-5-3-8-23(15-19)34(35(2)33-13-11-32(12-14-33)22-6-4-7-22)18-21-10-9-20(17-29-21)24-16-25(26(27)28)31-30-24;/h3,5,8-10,15,17,22,26H,2,4,6-7,11-14,16,18H2,1H3;1H4. The largest absolute Gasteiger partial charge is 0.304 e. The number of anilines is 1. The van der Waals surface area contributed by atoms with E-state index in [1.165, 1.54) is 24.8 Å². The first-order valence-corrected chi connectivity index (χ1v) is 13.5. The quantitative estimate of drug-likeness (QED) is 0.434. The fourth-order valence-corrected chi connectivity index (χ4v) is 6.23. The van der Waals surface area contributed by atoms with Gasteiger partial charge >= 0.3 is 0 Å². The lowest BCUT2D eigenvalue weighted by molar-refractivity contribution is 0.0917. The summed E-state index contributed by atoms with van der Waals surface area (Å²) >= 11 is 0. The van der Waals surface area contributed by atoms with Gasteiger partial charge in [0.1, 0.15) is 5.71 Å². The zero-order valence-electron chi connectivity index (χ0n) is 20.1. The van der Waals surface area contributed by atoms with Gasteiger partial charge in [0.15, 0.2) is 0 Å². The average Bonchev–Trinajstić information content (AvgIpc) is 3.33. The summed E-state index contributed by atoms with van der Waals surface area (Å²) in [6.45, 7) is 6.95. The molecule has 1 saturated carbocycles. The Kier molecular flexibility index (Phi) is 8.64. The van der Waals surface area contributed by atoms with E-state index in [0.29, 0.717) is 12.3 Å². The summed E-state index contributed by atoms with van der Waals surface area (Å²) in [4.78, 5) is 7.29. The second kappa shape index (κ2) is 11.7. The van der Waals surface area contributed by atoms with Crippen LogP contribution in [0, 0.1) is 6.92 Å². The van der Waals surface area contributed by atoms with E-state index in [0.717, 1.165) is 49.2 Å². The minimum Gasteiger partial charge on any atom is -0.304 e. The molecule has 1 aliphatic carbocycles. The number of hydrogen-bond donors (Lipinski definition) is 0. The van der Waals surface area contributed by atoms with Crippen molar-refractivity contribution in [2.45, 2.75) is 59.0 Å². The van der Waals surface area contributed by atoms with Crippen LogP contribution in [0.1, 0.15) is 49.9 Å². The van der Waals surface area contributed by atoms with Gasteiger partial charge in [0.05, 0.1) is 18.0 Å². The van der Waals surface area contributed by atoms with E-state index in [-0.39, 0.29) is 30.4 Å². The van der Waals surface area contributed by atoms with Crippen molar-refractivity contribution in [1.29, 1.82) is 0 Å². The molecule has 2 fully saturated rings. The molecular formula is C27H36F2N6S. The molecule has 0 bridgehead atoms. The number of alkyl halides is 2. The third kappa shape index (κ3) is 5.90. The third-order valence-corrected chi connectivity index (χ3v) is 8.88. The minimum absolute atomic E-state index is 0. The van der Waals surface area contributed by atoms with Crippen LogP contribution in [0.4, 0.5) is 14.5 Å². The number of rotatable bonds is 8. The molecule has 0 N–H and O–H groups in total. The molecule has 1 atom stereocenters. The average molecular weight is 515 g/mol. The highest BCUT2D eigenvalue weighted by atomic mass is 32.2. The number of pyridine rings is 1. The number of hydrogen-bond acceptors (Lipinski definition) is 6. The summed E-state index contributed by atoms with van der Waals surface area (Å²) in [7, 11) is -0.359. The zero-order chi connectivity index (χ0) is 24.4. The van der Waals surface area contributed by atoms with Crippen LogP contribution in [0.15, 0.2) is 52.8 Å². The molecule has 5 rings (SSSR count). The molecule has 1 aromatic heterocycles. The fraction of sp³-hybridized carbons (Fsp3) is 0.481. The van der Waals surface area contributed by atoms with E-state index >= 15 is 0 Å². The Morgan fingerprint density at radius 1 is 1.11 bits per heavy atom. The summed E-state index contributed by atoms with van der Waals surface area (Å²) in [5.74, 6) is 4.60. The topological polar surface area (TPSA) is 47.3 Å². The summed E-state index contributed by atoms with van der Waals surface area (Å²) in [5.41, 5.74) is 4.32. The first kappa shape index (κ1) is 26.6. The van der Waals surface area contributed by atoms with Gasteiger partial charge in [0, 0.05) is 56.1 Å². The molecule has 3 aliphatic rings. The van der Waals surface area contributed by atoms with E-state index in [1.54, 1.807) is 6.20 Å². The predicted octanol–water partition coefficient (Wildman–Crippen LogP) is 5.55. The van der Waals surface area contributed by atoms with Gasteiger partial charge in [-0.2, -0.15) is 10.2 Å². The maximum atomic E-state index is 12.9. The Morgan fingerprint density at radius 2 is 1.89 bits per heavy atom. The summed E-state index contributed by atoms with van der Waals surface area (Å²) < 4.78 is 30.6. The molecule has 194 valence electrons. The molecular weight excluding hydrogens is 478 g/mol. The number of nitrogens with zero attached hydrogens (tertiary/aromatic N) is 6. The molecule has 0 radical (unpaired) electrons. The molecule has 2 aromatic rings. The van der Waals surface area contributed by atoms with Gasteiger partial charge in [-0.15, -0.1) is 0 Å². The summed E-state index contributed by atoms with van der Waals surface area (Å²) in [5, 5.41) is 7.54. The van der Waals surface area contributed by atoms with Crippen molar-refractivity contribution in [2.24, 2.45) is 10.2 Å². The van der Waals surface area contributed by atoms with Crippen LogP contribution < -0.4 is 4.31 Å². The van der Waals surface area contributed by atoms with Gasteiger partial charge in [-0.3, -0.25) is 9.88 Å². The van der Waals surface area contributed by atoms with Crippen molar-refractivity contribution in [1.82, 2.24) is 14.2 Å². The second-order valence-corrected chi connectivity index (χ2v) is 11.1. The van der Waals surface area contributed by atoms with Crippen LogP contribution in [-0.4, -0.2) is 70.1 Å². The maximum absolute atomic E-state index is 12.9. The van der Waals surface area contributed by atoms with Crippen LogP contribution in [0.25, 0.3) is 0 Å². The van der Waals surface area contributed by atoms with E-state index in [1.807, 2.05) is 12.1 Å². The van der Waals surface area contributed by atoms with E-state index in [2.05, 4.69) is 65.8 Å². The first-order chi connectivity index (χ1) is 17.0. The van der Waals surface area contributed by atoms with Gasteiger partial charge < -0.3 is 4.31 Å². The van der Waals surface area contributed by atoms with Crippen molar-refractivity contribution in [3.63, 3.8) is 0 Å². The lowest BCUT2D eigenvalue weighted by Gasteiger charge is -2.45. The van der Waals surface area contributed by atoms with Crippen molar-refractivity contribution in [2.75, 3.05) is 30.5 Å². The number of piperazine rings is 1. The van der Waals surface area contributed by atoms with Crippen molar-refractivity contribution >= 4 is 33.8 Å². The lowest BCUT2D eigenvalue weighted by Crippen LogP contribution is -2.51. The summed E-state index contributed by atoms with van der Waals surface area (Å²) in [6.07, 6.45) is 3.27. The molecule has 1 aromatic carbocycles. The van der Waals surface area contributed by atoms with Crippen molar-refractivity contribution in [3.8, 4) is 0 Å². The first-order valence-electron chi connectivity index (χ1n) is 12.2. The van der Waals surface area contributed by atoms with Crippen molar-refractivity contribution < 1.29 is 8.78 Å². The second-order valence-electron chi connectivity index (χ2n) is 9.42. The smallest absolute Gasteiger partial charge is 0.278 e. The van der Waals surface area contributed by atoms with Crippen LogP contribution in [-0.2, 0) is 6.54 Å². The van der Waals surface area contributed by atoms with Gasteiger partial charge in [0.2, 0.25) is 0 Å². The van der Waals surface area contributed by atoms with Crippen LogP contribution in [0.5, 0.6) is 0 Å². The predicted molar refractivity (Wildman–Crippen MR) is 148 cm³/mol. The Morgan fingerprint density at radius 3 is 2.47 bits per heavy atom. The number of aromatic nitrogens is 1. The summed E-state index contributed by atoms with van der Waals surface area (Å²) in [6, 6.07) is 13.1. The molecule has 36 heavy (non-hydrogen) atoms. The van der Waals surface area contributed by atoms with Crippen LogP contribution in [0.3, 0.4) is 0 Å². The number of benzene rings is 1. The maximum Gasteiger partial charge on any atom is 0.278 e. The third-order valence-electron chi connectivity index (χ3n) is 7.07. The normalized spacial score (nSPS) is 19.9. The lowest BCUT2D eigenvalue weighted by atomic mass is 9.91. The Labute approximate surface area is 215 Å². The number of aryl methyl sites for hydroxylation is 1. The van der Waals surface area contributed by atoms with Crippen molar-refractivity contribution in [3.05, 3.63) is 59.4 Å². The van der Waals surface area contributed by atoms with Crippen LogP contribution >= 0.6 is 10.9 Å². The molecule has 2 aliphatic heterocycles. The Bertz CT molecular complexity index is 1120. The monoisotopic (exact) mass is 514 g/mol. The number of halogens is 2. The zero-order valence-corrected chi connectivity index (χ0v) is 20.9. The van der Waals surface area contributed by atoms with E-state index in [4.69, 9.17) is 0 Å². The molecule has 6 nitrogen and oxygen atoms in total. The molecule has 1 saturated heterocycles. The van der Waals surface area contributed by atoms with Gasteiger partial charge in [-0.1, -0.05) is 26.0 Å². The Balaban J connectivity index is 0.00000304. The Hall–Kier alpha value is -2.49. The molecule has 1 unspecified atom stereocenters. The molecule has 9 heteroatoms. The minimum atomic E-state index is -2.57. The molecule has 0 amide bonds. The SMILES string of the molecule is C.C=S(N1CCN(C2CCC2)CC1)N(Cc1ccc(C2=NN=C(C(F)F)C2)cn1)c1cccc(C)c1. The van der Waals surface area contributed by atoms with E-state index < -0.39 is 6.43 Å². The molecule has 0 spiro atoms. The fourth-order valence-electron chi connectivity index (χ4n) is 4.72. The highest BCUT2D eigenvalue weighted by Gasteiger charge is 2.29. The molecule has 3 heterocycles. The van der Waals surface area contributed by atoms with Gasteiger partial charge in [-0.25, -0.2) is 13.1 Å². The van der Waals surface area contributed by atoms with Crippen LogP contribution in [0.2, 0.25) is 0 Å². The highest BCUT2D eigenvalue weighted by molar-refractivity contribution is 8.13. The van der Waals surface area contributed by atoms with Gasteiger partial charge in [-0.05, 0) is 66.3 Å².